The summed E-state index contributed by atoms with van der Waals surface area (Å²) in [4.78, 5) is 12.3. The van der Waals surface area contributed by atoms with Crippen LogP contribution in [0.15, 0.2) is 24.3 Å². The Kier molecular flexibility index (Phi) is 11.1. The Bertz CT molecular complexity index is 444. The Morgan fingerprint density at radius 2 is 2.05 bits per heavy atom. The molecule has 6 heteroatoms. The molecule has 0 aliphatic heterocycles. The zero-order valence-corrected chi connectivity index (χ0v) is 14.8. The highest BCUT2D eigenvalue weighted by molar-refractivity contribution is 6.32. The van der Waals surface area contributed by atoms with E-state index in [4.69, 9.17) is 22.1 Å². The van der Waals surface area contributed by atoms with Gasteiger partial charge < -0.3 is 15.8 Å². The van der Waals surface area contributed by atoms with Gasteiger partial charge in [0.25, 0.3) is 5.91 Å². The van der Waals surface area contributed by atoms with Crippen LogP contribution in [0.25, 0.3) is 0 Å². The number of ether oxygens (including phenoxy) is 1. The molecular weight excluding hydrogens is 323 g/mol. The van der Waals surface area contributed by atoms with E-state index in [0.717, 1.165) is 19.3 Å². The Hall–Kier alpha value is -0.970. The molecule has 0 saturated heterocycles. The van der Waals surface area contributed by atoms with Crippen LogP contribution in [0.4, 0.5) is 0 Å². The molecule has 3 N–H and O–H groups in total. The molecule has 2 atom stereocenters. The first-order valence-electron chi connectivity index (χ1n) is 7.53. The van der Waals surface area contributed by atoms with Crippen LogP contribution in [0, 0.1) is 0 Å². The molecule has 1 rings (SSSR count). The molecule has 0 heterocycles. The van der Waals surface area contributed by atoms with Gasteiger partial charge in [0.05, 0.1) is 5.02 Å². The van der Waals surface area contributed by atoms with E-state index in [0.29, 0.717) is 23.7 Å². The first-order valence-corrected chi connectivity index (χ1v) is 7.91. The van der Waals surface area contributed by atoms with Crippen LogP contribution in [0.1, 0.15) is 39.5 Å². The van der Waals surface area contributed by atoms with E-state index in [1.54, 1.807) is 12.1 Å². The van der Waals surface area contributed by atoms with Gasteiger partial charge in [0.2, 0.25) is 0 Å². The molecule has 0 radical (unpaired) electrons. The predicted octanol–water partition coefficient (Wildman–Crippen LogP) is 3.55. The first-order chi connectivity index (χ1) is 10.1. The highest BCUT2D eigenvalue weighted by atomic mass is 35.5. The van der Waals surface area contributed by atoms with Gasteiger partial charge in [-0.1, -0.05) is 50.4 Å². The fourth-order valence-electron chi connectivity index (χ4n) is 2.01. The third-order valence-electron chi connectivity index (χ3n) is 3.31. The summed E-state index contributed by atoms with van der Waals surface area (Å²) in [5.41, 5.74) is 5.70. The molecule has 1 aromatic carbocycles. The van der Waals surface area contributed by atoms with Crippen molar-refractivity contribution in [3.63, 3.8) is 0 Å². The molecule has 0 aliphatic carbocycles. The fraction of sp³-hybridized carbons (Fsp3) is 0.562. The number of carbonyl (C=O) groups is 1. The SMILES string of the molecule is CCCCC(CN)NC(=O)C(CC)Oc1ccccc1Cl.Cl. The lowest BCUT2D eigenvalue weighted by molar-refractivity contribution is -0.128. The molecule has 1 aromatic rings. The number of rotatable bonds is 9. The maximum Gasteiger partial charge on any atom is 0.261 e. The summed E-state index contributed by atoms with van der Waals surface area (Å²) in [7, 11) is 0. The normalized spacial score (nSPS) is 12.9. The Morgan fingerprint density at radius 1 is 1.36 bits per heavy atom. The van der Waals surface area contributed by atoms with Crippen molar-refractivity contribution in [1.82, 2.24) is 5.32 Å². The Labute approximate surface area is 144 Å². The lowest BCUT2D eigenvalue weighted by atomic mass is 10.1. The van der Waals surface area contributed by atoms with E-state index >= 15 is 0 Å². The monoisotopic (exact) mass is 348 g/mol. The number of para-hydroxylation sites is 1. The molecule has 126 valence electrons. The second-order valence-corrected chi connectivity index (χ2v) is 5.44. The van der Waals surface area contributed by atoms with Crippen LogP contribution in [-0.2, 0) is 4.79 Å². The Balaban J connectivity index is 0.00000441. The lowest BCUT2D eigenvalue weighted by Crippen LogP contribution is -2.46. The first kappa shape index (κ1) is 21.0. The standard InChI is InChI=1S/C16H25ClN2O2.ClH/c1-3-5-8-12(11-18)19-16(20)14(4-2)21-15-10-7-6-9-13(15)17;/h6-7,9-10,12,14H,3-5,8,11,18H2,1-2H3,(H,19,20);1H. The summed E-state index contributed by atoms with van der Waals surface area (Å²) in [6, 6.07) is 7.16. The van der Waals surface area contributed by atoms with Crippen molar-refractivity contribution in [3.8, 4) is 5.75 Å². The maximum absolute atomic E-state index is 12.3. The number of hydrogen-bond acceptors (Lipinski definition) is 3. The van der Waals surface area contributed by atoms with E-state index in [9.17, 15) is 4.79 Å². The molecule has 0 fully saturated rings. The zero-order valence-electron chi connectivity index (χ0n) is 13.2. The number of halogens is 2. The average molecular weight is 349 g/mol. The predicted molar refractivity (Wildman–Crippen MR) is 93.9 cm³/mol. The fourth-order valence-corrected chi connectivity index (χ4v) is 2.19. The second-order valence-electron chi connectivity index (χ2n) is 5.03. The number of hydrogen-bond donors (Lipinski definition) is 2. The molecule has 0 aromatic heterocycles. The minimum Gasteiger partial charge on any atom is -0.479 e. The summed E-state index contributed by atoms with van der Waals surface area (Å²) in [6.45, 7) is 4.46. The van der Waals surface area contributed by atoms with E-state index in [1.165, 1.54) is 0 Å². The van der Waals surface area contributed by atoms with Gasteiger partial charge in [0, 0.05) is 12.6 Å². The van der Waals surface area contributed by atoms with E-state index in [-0.39, 0.29) is 24.4 Å². The van der Waals surface area contributed by atoms with E-state index < -0.39 is 6.10 Å². The van der Waals surface area contributed by atoms with Crippen LogP contribution in [0.5, 0.6) is 5.75 Å². The van der Waals surface area contributed by atoms with E-state index in [2.05, 4.69) is 12.2 Å². The van der Waals surface area contributed by atoms with Gasteiger partial charge in [-0.15, -0.1) is 12.4 Å². The molecule has 2 unspecified atom stereocenters. The van der Waals surface area contributed by atoms with Crippen LogP contribution >= 0.6 is 24.0 Å². The van der Waals surface area contributed by atoms with Crippen molar-refractivity contribution in [3.05, 3.63) is 29.3 Å². The number of unbranched alkanes of at least 4 members (excludes halogenated alkanes) is 1. The number of benzene rings is 1. The topological polar surface area (TPSA) is 64.3 Å². The highest BCUT2D eigenvalue weighted by Crippen LogP contribution is 2.24. The molecule has 0 aliphatic rings. The smallest absolute Gasteiger partial charge is 0.261 e. The lowest BCUT2D eigenvalue weighted by Gasteiger charge is -2.22. The quantitative estimate of drug-likeness (QED) is 0.717. The number of nitrogens with two attached hydrogens (primary N) is 1. The van der Waals surface area contributed by atoms with Crippen molar-refractivity contribution < 1.29 is 9.53 Å². The van der Waals surface area contributed by atoms with Crippen LogP contribution in [0.3, 0.4) is 0 Å². The summed E-state index contributed by atoms with van der Waals surface area (Å²) < 4.78 is 5.72. The van der Waals surface area contributed by atoms with Crippen molar-refractivity contribution in [2.75, 3.05) is 6.54 Å². The number of nitrogens with one attached hydrogen (secondary N) is 1. The summed E-state index contributed by atoms with van der Waals surface area (Å²) in [6.07, 6.45) is 3.04. The maximum atomic E-state index is 12.3. The summed E-state index contributed by atoms with van der Waals surface area (Å²) >= 11 is 6.05. The van der Waals surface area contributed by atoms with Crippen molar-refractivity contribution >= 4 is 29.9 Å². The van der Waals surface area contributed by atoms with Crippen molar-refractivity contribution in [2.45, 2.75) is 51.7 Å². The van der Waals surface area contributed by atoms with Gasteiger partial charge in [0.15, 0.2) is 6.10 Å². The number of amides is 1. The zero-order chi connectivity index (χ0) is 15.7. The van der Waals surface area contributed by atoms with Gasteiger partial charge in [-0.2, -0.15) is 0 Å². The summed E-state index contributed by atoms with van der Waals surface area (Å²) in [5.74, 6) is 0.392. The second kappa shape index (κ2) is 11.6. The highest BCUT2D eigenvalue weighted by Gasteiger charge is 2.21. The Morgan fingerprint density at radius 3 is 2.59 bits per heavy atom. The van der Waals surface area contributed by atoms with Gasteiger partial charge in [-0.05, 0) is 25.0 Å². The third-order valence-corrected chi connectivity index (χ3v) is 3.62. The number of carbonyl (C=O) groups excluding carboxylic acids is 1. The van der Waals surface area contributed by atoms with Gasteiger partial charge in [-0.25, -0.2) is 0 Å². The third kappa shape index (κ3) is 6.86. The minimum absolute atomic E-state index is 0. The van der Waals surface area contributed by atoms with Crippen LogP contribution in [0.2, 0.25) is 5.02 Å². The molecular formula is C16H26Cl2N2O2. The molecule has 0 bridgehead atoms. The van der Waals surface area contributed by atoms with E-state index in [1.807, 2.05) is 19.1 Å². The molecule has 0 saturated carbocycles. The average Bonchev–Trinajstić information content (AvgIpc) is 2.50. The minimum atomic E-state index is -0.555. The van der Waals surface area contributed by atoms with Gasteiger partial charge in [-0.3, -0.25) is 4.79 Å². The largest absolute Gasteiger partial charge is 0.479 e. The van der Waals surface area contributed by atoms with Crippen LogP contribution < -0.4 is 15.8 Å². The van der Waals surface area contributed by atoms with Crippen LogP contribution in [-0.4, -0.2) is 24.6 Å². The molecule has 1 amide bonds. The van der Waals surface area contributed by atoms with Gasteiger partial charge >= 0.3 is 0 Å². The van der Waals surface area contributed by atoms with Crippen molar-refractivity contribution in [1.29, 1.82) is 0 Å². The molecule has 0 spiro atoms. The van der Waals surface area contributed by atoms with Crippen molar-refractivity contribution in [2.24, 2.45) is 5.73 Å². The molecule has 4 nitrogen and oxygen atoms in total. The molecule has 22 heavy (non-hydrogen) atoms. The summed E-state index contributed by atoms with van der Waals surface area (Å²) in [5, 5.41) is 3.46. The van der Waals surface area contributed by atoms with Gasteiger partial charge in [0.1, 0.15) is 5.75 Å².